The number of nitrogen functional groups attached to an aromatic ring is 1. The van der Waals surface area contributed by atoms with E-state index in [2.05, 4.69) is 9.97 Å². The first kappa shape index (κ1) is 21.7. The van der Waals surface area contributed by atoms with Crippen LogP contribution in [0.3, 0.4) is 0 Å². The van der Waals surface area contributed by atoms with E-state index in [1.165, 1.54) is 0 Å². The lowest BCUT2D eigenvalue weighted by Crippen LogP contribution is -2.27. The van der Waals surface area contributed by atoms with Crippen molar-refractivity contribution < 1.29 is 14.3 Å². The van der Waals surface area contributed by atoms with Crippen LogP contribution >= 0.6 is 0 Å². The minimum Gasteiger partial charge on any atom is -0.465 e. The number of ether oxygens (including phenoxy) is 1. The fourth-order valence-corrected chi connectivity index (χ4v) is 4.24. The SMILES string of the molecule is CC.CCOC(=O)C1(c2ccc3nc(N)nc(C(=O)N4Cc5ccccc5C4)c3c2)CC1. The molecule has 2 N–H and O–H groups in total. The lowest BCUT2D eigenvalue weighted by molar-refractivity contribution is -0.146. The van der Waals surface area contributed by atoms with Crippen LogP contribution in [0.1, 0.15) is 60.8 Å². The summed E-state index contributed by atoms with van der Waals surface area (Å²) in [4.78, 5) is 36.2. The number of hydrogen-bond donors (Lipinski definition) is 1. The van der Waals surface area contributed by atoms with Gasteiger partial charge in [0.1, 0.15) is 5.69 Å². The number of carbonyl (C=O) groups excluding carboxylic acids is 2. The van der Waals surface area contributed by atoms with Crippen LogP contribution in [0.15, 0.2) is 42.5 Å². The number of fused-ring (bicyclic) bond motifs is 2. The fourth-order valence-electron chi connectivity index (χ4n) is 4.24. The van der Waals surface area contributed by atoms with Crippen molar-refractivity contribution in [3.63, 3.8) is 0 Å². The number of esters is 1. The van der Waals surface area contributed by atoms with Crippen molar-refractivity contribution in [2.75, 3.05) is 12.3 Å². The van der Waals surface area contributed by atoms with Gasteiger partial charge in [-0.25, -0.2) is 9.97 Å². The topological polar surface area (TPSA) is 98.4 Å². The lowest BCUT2D eigenvalue weighted by Gasteiger charge is -2.18. The highest BCUT2D eigenvalue weighted by atomic mass is 16.5. The molecule has 1 amide bonds. The van der Waals surface area contributed by atoms with Crippen molar-refractivity contribution >= 4 is 28.7 Å². The van der Waals surface area contributed by atoms with Crippen LogP contribution in [0, 0.1) is 0 Å². The molecule has 0 saturated heterocycles. The molecular formula is C25H28N4O3. The number of aromatic nitrogens is 2. The highest BCUT2D eigenvalue weighted by molar-refractivity contribution is 6.05. The molecule has 2 aliphatic rings. The molecule has 166 valence electrons. The maximum absolute atomic E-state index is 13.4. The molecule has 7 heteroatoms. The van der Waals surface area contributed by atoms with Crippen LogP contribution in [-0.4, -0.2) is 33.4 Å². The largest absolute Gasteiger partial charge is 0.465 e. The predicted octanol–water partition coefficient (Wildman–Crippen LogP) is 3.99. The molecule has 3 aromatic rings. The Labute approximate surface area is 187 Å². The van der Waals surface area contributed by atoms with Crippen LogP contribution < -0.4 is 5.73 Å². The average Bonchev–Trinajstić information content (AvgIpc) is 3.51. The van der Waals surface area contributed by atoms with Gasteiger partial charge >= 0.3 is 5.97 Å². The smallest absolute Gasteiger partial charge is 0.316 e. The minimum absolute atomic E-state index is 0.0573. The second-order valence-electron chi connectivity index (χ2n) is 7.89. The monoisotopic (exact) mass is 432 g/mol. The van der Waals surface area contributed by atoms with Gasteiger partial charge in [0, 0.05) is 18.5 Å². The van der Waals surface area contributed by atoms with Crippen molar-refractivity contribution in [2.45, 2.75) is 52.1 Å². The summed E-state index contributed by atoms with van der Waals surface area (Å²) in [5.74, 6) is -0.353. The Balaban J connectivity index is 0.00000119. The molecule has 1 saturated carbocycles. The Hall–Kier alpha value is -3.48. The summed E-state index contributed by atoms with van der Waals surface area (Å²) >= 11 is 0. The molecule has 32 heavy (non-hydrogen) atoms. The van der Waals surface area contributed by atoms with E-state index in [1.807, 2.05) is 50.2 Å². The Bertz CT molecular complexity index is 1160. The van der Waals surface area contributed by atoms with Crippen LogP contribution in [0.25, 0.3) is 10.9 Å². The summed E-state index contributed by atoms with van der Waals surface area (Å²) < 4.78 is 5.28. The zero-order chi connectivity index (χ0) is 22.9. The van der Waals surface area contributed by atoms with Crippen molar-refractivity contribution in [1.82, 2.24) is 14.9 Å². The number of anilines is 1. The van der Waals surface area contributed by atoms with Gasteiger partial charge in [-0.2, -0.15) is 0 Å². The van der Waals surface area contributed by atoms with Crippen molar-refractivity contribution in [3.8, 4) is 0 Å². The summed E-state index contributed by atoms with van der Waals surface area (Å²) in [7, 11) is 0. The van der Waals surface area contributed by atoms with Gasteiger partial charge in [-0.3, -0.25) is 9.59 Å². The molecule has 0 radical (unpaired) electrons. The Morgan fingerprint density at radius 1 is 1.06 bits per heavy atom. The minimum atomic E-state index is -0.629. The molecule has 2 heterocycles. The molecule has 7 nitrogen and oxygen atoms in total. The maximum Gasteiger partial charge on any atom is 0.316 e. The maximum atomic E-state index is 13.4. The second kappa shape index (κ2) is 8.57. The number of benzene rings is 2. The Morgan fingerprint density at radius 3 is 2.31 bits per heavy atom. The van der Waals surface area contributed by atoms with E-state index >= 15 is 0 Å². The number of carbonyl (C=O) groups is 2. The van der Waals surface area contributed by atoms with Crippen molar-refractivity contribution in [3.05, 3.63) is 64.8 Å². The van der Waals surface area contributed by atoms with Crippen LogP contribution in [0.4, 0.5) is 5.95 Å². The van der Waals surface area contributed by atoms with Gasteiger partial charge in [0.15, 0.2) is 0 Å². The fraction of sp³-hybridized carbons (Fsp3) is 0.360. The molecule has 0 bridgehead atoms. The lowest BCUT2D eigenvalue weighted by atomic mass is 9.94. The van der Waals surface area contributed by atoms with Crippen molar-refractivity contribution in [2.24, 2.45) is 0 Å². The van der Waals surface area contributed by atoms with Crippen LogP contribution in [0.2, 0.25) is 0 Å². The molecule has 0 spiro atoms. The third-order valence-corrected chi connectivity index (χ3v) is 6.01. The Kier molecular flexibility index (Phi) is 5.82. The third kappa shape index (κ3) is 3.68. The van der Waals surface area contributed by atoms with Gasteiger partial charge in [0.25, 0.3) is 5.91 Å². The number of nitrogens with two attached hydrogens (primary N) is 1. The molecule has 1 aliphatic heterocycles. The first-order valence-corrected chi connectivity index (χ1v) is 11.1. The van der Waals surface area contributed by atoms with Crippen LogP contribution in [-0.2, 0) is 28.0 Å². The number of rotatable bonds is 4. The number of amides is 1. The van der Waals surface area contributed by atoms with E-state index in [1.54, 1.807) is 17.9 Å². The average molecular weight is 433 g/mol. The zero-order valence-corrected chi connectivity index (χ0v) is 18.7. The zero-order valence-electron chi connectivity index (χ0n) is 18.7. The van der Waals surface area contributed by atoms with E-state index in [9.17, 15) is 9.59 Å². The normalized spacial score (nSPS) is 15.5. The molecule has 0 unspecified atom stereocenters. The molecular weight excluding hydrogens is 404 g/mol. The summed E-state index contributed by atoms with van der Waals surface area (Å²) in [6, 6.07) is 13.5. The predicted molar refractivity (Wildman–Crippen MR) is 123 cm³/mol. The summed E-state index contributed by atoms with van der Waals surface area (Å²) in [6.45, 7) is 7.21. The molecule has 5 rings (SSSR count). The van der Waals surface area contributed by atoms with E-state index in [0.717, 1.165) is 29.5 Å². The molecule has 1 fully saturated rings. The van der Waals surface area contributed by atoms with Gasteiger partial charge in [-0.15, -0.1) is 0 Å². The summed E-state index contributed by atoms with van der Waals surface area (Å²) in [5, 5.41) is 0.609. The first-order valence-electron chi connectivity index (χ1n) is 11.1. The van der Waals surface area contributed by atoms with Crippen molar-refractivity contribution in [1.29, 1.82) is 0 Å². The molecule has 1 aromatic heterocycles. The van der Waals surface area contributed by atoms with Gasteiger partial charge in [-0.05, 0) is 48.6 Å². The quantitative estimate of drug-likeness (QED) is 0.626. The van der Waals surface area contributed by atoms with Gasteiger partial charge in [0.2, 0.25) is 5.95 Å². The number of hydrogen-bond acceptors (Lipinski definition) is 6. The standard InChI is InChI=1S/C23H22N4O3.C2H6/c1-2-30-21(29)23(9-10-23)16-7-8-18-17(11-16)19(26-22(24)25-18)20(28)27-12-14-5-3-4-6-15(14)13-27;1-2/h3-8,11H,2,9-10,12-13H2,1H3,(H2,24,25,26);1-2H3. The van der Waals surface area contributed by atoms with Crippen LogP contribution in [0.5, 0.6) is 0 Å². The van der Waals surface area contributed by atoms with E-state index in [0.29, 0.717) is 30.6 Å². The van der Waals surface area contributed by atoms with E-state index in [4.69, 9.17) is 10.5 Å². The molecule has 1 aliphatic carbocycles. The van der Waals surface area contributed by atoms with Gasteiger partial charge in [-0.1, -0.05) is 44.2 Å². The van der Waals surface area contributed by atoms with Gasteiger partial charge in [0.05, 0.1) is 17.5 Å². The highest BCUT2D eigenvalue weighted by Gasteiger charge is 2.52. The first-order chi connectivity index (χ1) is 15.5. The molecule has 2 aromatic carbocycles. The second-order valence-corrected chi connectivity index (χ2v) is 7.89. The summed E-state index contributed by atoms with van der Waals surface area (Å²) in [6.07, 6.45) is 1.47. The van der Waals surface area contributed by atoms with Gasteiger partial charge < -0.3 is 15.4 Å². The Morgan fingerprint density at radius 2 is 1.72 bits per heavy atom. The van der Waals surface area contributed by atoms with E-state index < -0.39 is 5.41 Å². The van der Waals surface area contributed by atoms with E-state index in [-0.39, 0.29) is 23.5 Å². The third-order valence-electron chi connectivity index (χ3n) is 6.01. The summed E-state index contributed by atoms with van der Waals surface area (Å²) in [5.41, 5.74) is 9.24. The highest BCUT2D eigenvalue weighted by Crippen LogP contribution is 2.49. The number of nitrogens with zero attached hydrogens (tertiary/aromatic N) is 3. The molecule has 0 atom stereocenters.